The fraction of sp³-hybridized carbons (Fsp3) is 0.333. The monoisotopic (exact) mass is 235 g/mol. The van der Waals surface area contributed by atoms with Crippen LogP contribution in [0.1, 0.15) is 23.7 Å². The van der Waals surface area contributed by atoms with Gasteiger partial charge < -0.3 is 4.74 Å². The molecule has 0 unspecified atom stereocenters. The van der Waals surface area contributed by atoms with Crippen molar-refractivity contribution in [1.29, 1.82) is 0 Å². The lowest BCUT2D eigenvalue weighted by Gasteiger charge is -2.10. The molecule has 0 spiro atoms. The third-order valence-corrected chi connectivity index (χ3v) is 2.53. The molecule has 1 atom stereocenters. The van der Waals surface area contributed by atoms with Gasteiger partial charge in [-0.05, 0) is 25.3 Å². The highest BCUT2D eigenvalue weighted by Gasteiger charge is 2.11. The quantitative estimate of drug-likeness (QED) is 0.456. The summed E-state index contributed by atoms with van der Waals surface area (Å²) < 4.78 is 5.16. The second-order valence-corrected chi connectivity index (χ2v) is 4.04. The van der Waals surface area contributed by atoms with Crippen LogP contribution in [0.15, 0.2) is 23.4 Å². The van der Waals surface area contributed by atoms with Crippen LogP contribution in [0.5, 0.6) is 0 Å². The van der Waals surface area contributed by atoms with Gasteiger partial charge in [-0.15, -0.1) is 24.1 Å². The minimum atomic E-state index is -0.361. The highest BCUT2D eigenvalue weighted by Crippen LogP contribution is 2.14. The van der Waals surface area contributed by atoms with Crippen molar-refractivity contribution < 1.29 is 9.53 Å². The Morgan fingerprint density at radius 1 is 1.75 bits per heavy atom. The van der Waals surface area contributed by atoms with E-state index in [-0.39, 0.29) is 12.1 Å². The van der Waals surface area contributed by atoms with Gasteiger partial charge in [0.15, 0.2) is 0 Å². The normalized spacial score (nSPS) is 11.6. The van der Waals surface area contributed by atoms with Crippen LogP contribution in [-0.4, -0.2) is 23.3 Å². The van der Waals surface area contributed by atoms with Crippen LogP contribution in [0.4, 0.5) is 0 Å². The zero-order chi connectivity index (χ0) is 12.0. The molecule has 0 bridgehead atoms. The van der Waals surface area contributed by atoms with Gasteiger partial charge in [0.2, 0.25) is 0 Å². The van der Waals surface area contributed by atoms with E-state index in [1.807, 2.05) is 6.26 Å². The molecule has 1 rings (SSSR count). The molecule has 0 amide bonds. The lowest BCUT2D eigenvalue weighted by atomic mass is 10.2. The molecular formula is C12H13NO2S. The molecular weight excluding hydrogens is 222 g/mol. The van der Waals surface area contributed by atoms with E-state index in [1.165, 1.54) is 11.8 Å². The molecule has 1 aromatic rings. The van der Waals surface area contributed by atoms with Crippen LogP contribution < -0.4 is 0 Å². The summed E-state index contributed by atoms with van der Waals surface area (Å²) in [5.41, 5.74) is 0.503. The minimum absolute atomic E-state index is 0.261. The van der Waals surface area contributed by atoms with Crippen molar-refractivity contribution in [1.82, 2.24) is 4.98 Å². The van der Waals surface area contributed by atoms with E-state index in [9.17, 15) is 4.79 Å². The number of hydrogen-bond donors (Lipinski definition) is 0. The zero-order valence-corrected chi connectivity index (χ0v) is 10.1. The van der Waals surface area contributed by atoms with Gasteiger partial charge in [0.25, 0.3) is 0 Å². The van der Waals surface area contributed by atoms with E-state index >= 15 is 0 Å². The van der Waals surface area contributed by atoms with Crippen LogP contribution in [0.3, 0.4) is 0 Å². The Morgan fingerprint density at radius 2 is 2.50 bits per heavy atom. The Hall–Kier alpha value is -1.47. The first-order chi connectivity index (χ1) is 7.67. The van der Waals surface area contributed by atoms with Crippen molar-refractivity contribution in [3.63, 3.8) is 0 Å². The van der Waals surface area contributed by atoms with Crippen molar-refractivity contribution in [3.05, 3.63) is 23.9 Å². The predicted octanol–water partition coefficient (Wildman–Crippen LogP) is 2.37. The maximum atomic E-state index is 11.7. The van der Waals surface area contributed by atoms with Crippen LogP contribution in [0.2, 0.25) is 0 Å². The molecule has 0 aliphatic carbocycles. The largest absolute Gasteiger partial charge is 0.458 e. The van der Waals surface area contributed by atoms with Crippen LogP contribution >= 0.6 is 11.8 Å². The second kappa shape index (κ2) is 6.19. The number of pyridine rings is 1. The van der Waals surface area contributed by atoms with Gasteiger partial charge in [0.05, 0.1) is 10.6 Å². The number of carbonyl (C=O) groups excluding carboxylic acids is 1. The van der Waals surface area contributed by atoms with Gasteiger partial charge in [-0.1, -0.05) is 0 Å². The van der Waals surface area contributed by atoms with Gasteiger partial charge in [-0.2, -0.15) is 0 Å². The summed E-state index contributed by atoms with van der Waals surface area (Å²) in [6.07, 6.45) is 8.79. The van der Waals surface area contributed by atoms with Crippen molar-refractivity contribution in [2.75, 3.05) is 6.26 Å². The molecule has 0 aliphatic rings. The summed E-state index contributed by atoms with van der Waals surface area (Å²) in [5.74, 6) is 2.09. The van der Waals surface area contributed by atoms with E-state index in [0.29, 0.717) is 12.0 Å². The average molecular weight is 235 g/mol. The molecule has 0 fully saturated rings. The number of esters is 1. The van der Waals surface area contributed by atoms with Gasteiger partial charge in [0, 0.05) is 12.6 Å². The number of aromatic nitrogens is 1. The molecule has 0 aliphatic heterocycles. The first kappa shape index (κ1) is 12.6. The predicted molar refractivity (Wildman–Crippen MR) is 64.3 cm³/mol. The fourth-order valence-electron chi connectivity index (χ4n) is 1.11. The Labute approximate surface area is 99.6 Å². The molecule has 0 saturated heterocycles. The topological polar surface area (TPSA) is 39.2 Å². The fourth-order valence-corrected chi connectivity index (χ4v) is 1.52. The molecule has 0 N–H and O–H groups in total. The number of ether oxygens (including phenoxy) is 1. The molecule has 1 heterocycles. The number of thioether (sulfide) groups is 1. The summed E-state index contributed by atoms with van der Waals surface area (Å²) in [5, 5.41) is 0.791. The highest BCUT2D eigenvalue weighted by molar-refractivity contribution is 7.98. The average Bonchev–Trinajstić information content (AvgIpc) is 2.29. The standard InChI is InChI=1S/C12H13NO2S/c1-4-5-9(2)15-12(14)10-6-7-13-11(8-10)16-3/h1,6-9H,5H2,2-3H3/t9-/m1/s1. The van der Waals surface area contributed by atoms with Gasteiger partial charge in [-0.25, -0.2) is 9.78 Å². The Bertz CT molecular complexity index is 412. The Morgan fingerprint density at radius 3 is 3.12 bits per heavy atom. The van der Waals surface area contributed by atoms with Crippen LogP contribution in [0.25, 0.3) is 0 Å². The summed E-state index contributed by atoms with van der Waals surface area (Å²) in [4.78, 5) is 15.7. The van der Waals surface area contributed by atoms with E-state index < -0.39 is 0 Å². The van der Waals surface area contributed by atoms with Crippen molar-refractivity contribution >= 4 is 17.7 Å². The van der Waals surface area contributed by atoms with Gasteiger partial charge in [0.1, 0.15) is 6.10 Å². The summed E-state index contributed by atoms with van der Waals surface area (Å²) in [6, 6.07) is 3.33. The molecule has 0 aromatic carbocycles. The molecule has 0 saturated carbocycles. The third kappa shape index (κ3) is 3.59. The summed E-state index contributed by atoms with van der Waals surface area (Å²) in [7, 11) is 0. The van der Waals surface area contributed by atoms with Crippen molar-refractivity contribution in [3.8, 4) is 12.3 Å². The number of hydrogen-bond acceptors (Lipinski definition) is 4. The molecule has 84 valence electrons. The van der Waals surface area contributed by atoms with E-state index in [1.54, 1.807) is 25.3 Å². The number of nitrogens with zero attached hydrogens (tertiary/aromatic N) is 1. The first-order valence-corrected chi connectivity index (χ1v) is 6.04. The SMILES string of the molecule is C#CC[C@@H](C)OC(=O)c1ccnc(SC)c1. The number of rotatable bonds is 4. The number of carbonyl (C=O) groups is 1. The second-order valence-electron chi connectivity index (χ2n) is 3.21. The number of terminal acetylenes is 1. The van der Waals surface area contributed by atoms with Crippen LogP contribution in [-0.2, 0) is 4.74 Å². The molecule has 0 radical (unpaired) electrons. The van der Waals surface area contributed by atoms with Gasteiger partial charge in [-0.3, -0.25) is 0 Å². The Kier molecular flexibility index (Phi) is 4.87. The van der Waals surface area contributed by atoms with Gasteiger partial charge >= 0.3 is 5.97 Å². The lowest BCUT2D eigenvalue weighted by molar-refractivity contribution is 0.0351. The van der Waals surface area contributed by atoms with Crippen molar-refractivity contribution in [2.45, 2.75) is 24.5 Å². The zero-order valence-electron chi connectivity index (χ0n) is 9.27. The summed E-state index contributed by atoms with van der Waals surface area (Å²) >= 11 is 1.48. The van der Waals surface area contributed by atoms with E-state index in [0.717, 1.165) is 5.03 Å². The maximum Gasteiger partial charge on any atom is 0.338 e. The van der Waals surface area contributed by atoms with E-state index in [4.69, 9.17) is 11.2 Å². The maximum absolute atomic E-state index is 11.7. The summed E-state index contributed by atoms with van der Waals surface area (Å²) in [6.45, 7) is 1.77. The highest BCUT2D eigenvalue weighted by atomic mass is 32.2. The lowest BCUT2D eigenvalue weighted by Crippen LogP contribution is -2.14. The first-order valence-electron chi connectivity index (χ1n) is 4.82. The molecule has 3 nitrogen and oxygen atoms in total. The smallest absolute Gasteiger partial charge is 0.338 e. The molecule has 4 heteroatoms. The molecule has 1 aromatic heterocycles. The molecule has 16 heavy (non-hydrogen) atoms. The van der Waals surface area contributed by atoms with Crippen LogP contribution in [0, 0.1) is 12.3 Å². The Balaban J connectivity index is 2.69. The minimum Gasteiger partial charge on any atom is -0.458 e. The van der Waals surface area contributed by atoms with E-state index in [2.05, 4.69) is 10.9 Å². The third-order valence-electron chi connectivity index (χ3n) is 1.89. The van der Waals surface area contributed by atoms with Crippen molar-refractivity contribution in [2.24, 2.45) is 0 Å².